The Bertz CT molecular complexity index is 622. The summed E-state index contributed by atoms with van der Waals surface area (Å²) in [5.41, 5.74) is 0.624. The number of benzene rings is 1. The van der Waals surface area contributed by atoms with Gasteiger partial charge in [0.15, 0.2) is 5.96 Å². The first kappa shape index (κ1) is 24.3. The SMILES string of the molecule is CCNC(=NCC(O)c1cc(Cl)cc(Cl)c1)NCCCC(=O)NC1CC1.I. The summed E-state index contributed by atoms with van der Waals surface area (Å²) in [6.07, 6.45) is 2.61. The Labute approximate surface area is 187 Å². The number of carbonyl (C=O) groups excluding carboxylic acids is 1. The lowest BCUT2D eigenvalue weighted by Crippen LogP contribution is -2.38. The van der Waals surface area contributed by atoms with Crippen LogP contribution < -0.4 is 16.0 Å². The smallest absolute Gasteiger partial charge is 0.220 e. The van der Waals surface area contributed by atoms with Crippen molar-refractivity contribution in [3.8, 4) is 0 Å². The van der Waals surface area contributed by atoms with Crippen LogP contribution in [0, 0.1) is 0 Å². The van der Waals surface area contributed by atoms with E-state index in [9.17, 15) is 9.90 Å². The lowest BCUT2D eigenvalue weighted by molar-refractivity contribution is -0.121. The Morgan fingerprint density at radius 1 is 1.26 bits per heavy atom. The molecule has 1 aromatic rings. The minimum Gasteiger partial charge on any atom is -0.386 e. The molecule has 0 saturated heterocycles. The van der Waals surface area contributed by atoms with Gasteiger partial charge in [0.05, 0.1) is 12.6 Å². The molecule has 4 N–H and O–H groups in total. The molecule has 152 valence electrons. The second kappa shape index (κ2) is 12.6. The third-order valence-electron chi connectivity index (χ3n) is 3.85. The van der Waals surface area contributed by atoms with Gasteiger partial charge in [-0.15, -0.1) is 24.0 Å². The maximum Gasteiger partial charge on any atom is 0.220 e. The Kier molecular flexibility index (Phi) is 11.4. The zero-order chi connectivity index (χ0) is 18.9. The van der Waals surface area contributed by atoms with Gasteiger partial charge in [0.25, 0.3) is 0 Å². The van der Waals surface area contributed by atoms with Crippen LogP contribution in [0.1, 0.15) is 44.3 Å². The first-order valence-corrected chi connectivity index (χ1v) is 9.69. The first-order valence-electron chi connectivity index (χ1n) is 8.93. The second-order valence-electron chi connectivity index (χ2n) is 6.31. The van der Waals surface area contributed by atoms with Gasteiger partial charge >= 0.3 is 0 Å². The van der Waals surface area contributed by atoms with Crippen LogP contribution in [0.5, 0.6) is 0 Å². The molecule has 1 aliphatic carbocycles. The van der Waals surface area contributed by atoms with Gasteiger partial charge in [-0.3, -0.25) is 9.79 Å². The molecular formula is C18H27Cl2IN4O2. The molecule has 27 heavy (non-hydrogen) atoms. The molecule has 0 spiro atoms. The monoisotopic (exact) mass is 528 g/mol. The van der Waals surface area contributed by atoms with Crippen molar-refractivity contribution >= 4 is 59.0 Å². The summed E-state index contributed by atoms with van der Waals surface area (Å²) in [7, 11) is 0. The topological polar surface area (TPSA) is 85.8 Å². The highest BCUT2D eigenvalue weighted by Gasteiger charge is 2.22. The fraction of sp³-hybridized carbons (Fsp3) is 0.556. The molecule has 0 aliphatic heterocycles. The van der Waals surface area contributed by atoms with Crippen LogP contribution in [0.4, 0.5) is 0 Å². The molecule has 0 radical (unpaired) electrons. The van der Waals surface area contributed by atoms with Gasteiger partial charge in [-0.25, -0.2) is 0 Å². The molecule has 1 atom stereocenters. The number of amides is 1. The van der Waals surface area contributed by atoms with Gasteiger partial charge in [0.2, 0.25) is 5.91 Å². The Hall–Kier alpha value is -0.770. The van der Waals surface area contributed by atoms with Crippen LogP contribution in [0.25, 0.3) is 0 Å². The average molecular weight is 529 g/mol. The maximum absolute atomic E-state index is 11.7. The zero-order valence-corrected chi connectivity index (χ0v) is 19.1. The number of aliphatic imine (C=N–C) groups is 1. The van der Waals surface area contributed by atoms with E-state index in [0.717, 1.165) is 19.3 Å². The summed E-state index contributed by atoms with van der Waals surface area (Å²) >= 11 is 11.9. The van der Waals surface area contributed by atoms with Crippen molar-refractivity contribution in [2.45, 2.75) is 44.8 Å². The van der Waals surface area contributed by atoms with Gasteiger partial charge in [-0.2, -0.15) is 0 Å². The molecule has 9 heteroatoms. The van der Waals surface area contributed by atoms with Crippen molar-refractivity contribution in [1.82, 2.24) is 16.0 Å². The third kappa shape index (κ3) is 9.82. The highest BCUT2D eigenvalue weighted by atomic mass is 127. The molecule has 1 aliphatic rings. The van der Waals surface area contributed by atoms with Crippen LogP contribution in [0.3, 0.4) is 0 Å². The number of carbonyl (C=O) groups is 1. The number of hydrogen-bond donors (Lipinski definition) is 4. The van der Waals surface area contributed by atoms with Crippen molar-refractivity contribution < 1.29 is 9.90 Å². The van der Waals surface area contributed by atoms with E-state index >= 15 is 0 Å². The number of guanidine groups is 1. The summed E-state index contributed by atoms with van der Waals surface area (Å²) in [5.74, 6) is 0.701. The predicted octanol–water partition coefficient (Wildman–Crippen LogP) is 3.26. The van der Waals surface area contributed by atoms with Gasteiger partial charge in [0, 0.05) is 35.6 Å². The van der Waals surface area contributed by atoms with E-state index in [1.165, 1.54) is 0 Å². The maximum atomic E-state index is 11.7. The molecule has 2 rings (SSSR count). The quantitative estimate of drug-likeness (QED) is 0.171. The number of nitrogens with one attached hydrogen (secondary N) is 3. The molecule has 1 fully saturated rings. The van der Waals surface area contributed by atoms with Gasteiger partial charge in [0.1, 0.15) is 0 Å². The summed E-state index contributed by atoms with van der Waals surface area (Å²) in [6.45, 7) is 3.47. The number of halogens is 3. The fourth-order valence-electron chi connectivity index (χ4n) is 2.38. The molecule has 0 heterocycles. The summed E-state index contributed by atoms with van der Waals surface area (Å²) in [5, 5.41) is 20.5. The van der Waals surface area contributed by atoms with E-state index < -0.39 is 6.10 Å². The summed E-state index contributed by atoms with van der Waals surface area (Å²) < 4.78 is 0. The standard InChI is InChI=1S/C18H26Cl2N4O2.HI/c1-2-21-18(22-7-3-4-17(26)24-15-5-6-15)23-11-16(25)12-8-13(19)10-14(20)9-12;/h8-10,15-16,25H,2-7,11H2,1H3,(H,24,26)(H2,21,22,23);1H. The van der Waals surface area contributed by atoms with Crippen molar-refractivity contribution in [2.75, 3.05) is 19.6 Å². The number of aliphatic hydroxyl groups is 1. The van der Waals surface area contributed by atoms with Crippen molar-refractivity contribution in [1.29, 1.82) is 0 Å². The molecule has 0 aromatic heterocycles. The largest absolute Gasteiger partial charge is 0.386 e. The minimum atomic E-state index is -0.800. The van der Waals surface area contributed by atoms with Gasteiger partial charge in [-0.1, -0.05) is 23.2 Å². The number of hydrogen-bond acceptors (Lipinski definition) is 3. The average Bonchev–Trinajstić information content (AvgIpc) is 3.39. The first-order chi connectivity index (χ1) is 12.5. The Morgan fingerprint density at radius 3 is 2.52 bits per heavy atom. The van der Waals surface area contributed by atoms with Crippen molar-refractivity contribution in [3.63, 3.8) is 0 Å². The number of nitrogens with zero attached hydrogens (tertiary/aromatic N) is 1. The van der Waals surface area contributed by atoms with Crippen LogP contribution >= 0.6 is 47.2 Å². The normalized spacial score (nSPS) is 14.9. The van der Waals surface area contributed by atoms with E-state index in [-0.39, 0.29) is 36.4 Å². The van der Waals surface area contributed by atoms with E-state index in [2.05, 4.69) is 20.9 Å². The van der Waals surface area contributed by atoms with Crippen LogP contribution in [0.15, 0.2) is 23.2 Å². The van der Waals surface area contributed by atoms with Gasteiger partial charge < -0.3 is 21.1 Å². The molecule has 1 unspecified atom stereocenters. The molecule has 6 nitrogen and oxygen atoms in total. The lowest BCUT2D eigenvalue weighted by atomic mass is 10.1. The van der Waals surface area contributed by atoms with Crippen LogP contribution in [0.2, 0.25) is 10.0 Å². The molecule has 0 bridgehead atoms. The molecule has 1 aromatic carbocycles. The predicted molar refractivity (Wildman–Crippen MR) is 121 cm³/mol. The second-order valence-corrected chi connectivity index (χ2v) is 7.18. The Balaban J connectivity index is 0.00000364. The molecule has 1 amide bonds. The van der Waals surface area contributed by atoms with Crippen LogP contribution in [-0.4, -0.2) is 42.6 Å². The van der Waals surface area contributed by atoms with Crippen LogP contribution in [-0.2, 0) is 4.79 Å². The third-order valence-corrected chi connectivity index (χ3v) is 4.29. The fourth-order valence-corrected chi connectivity index (χ4v) is 2.92. The zero-order valence-electron chi connectivity index (χ0n) is 15.3. The number of aliphatic hydroxyl groups excluding tert-OH is 1. The van der Waals surface area contributed by atoms with Crippen molar-refractivity contribution in [3.05, 3.63) is 33.8 Å². The minimum absolute atomic E-state index is 0. The van der Waals surface area contributed by atoms with Gasteiger partial charge in [-0.05, 0) is 49.9 Å². The van der Waals surface area contributed by atoms with E-state index in [4.69, 9.17) is 23.2 Å². The summed E-state index contributed by atoms with van der Waals surface area (Å²) in [6, 6.07) is 5.36. The number of rotatable bonds is 9. The molecular weight excluding hydrogens is 502 g/mol. The highest BCUT2D eigenvalue weighted by Crippen LogP contribution is 2.23. The lowest BCUT2D eigenvalue weighted by Gasteiger charge is -2.14. The summed E-state index contributed by atoms with van der Waals surface area (Å²) in [4.78, 5) is 16.0. The Morgan fingerprint density at radius 2 is 1.93 bits per heavy atom. The van der Waals surface area contributed by atoms with E-state index in [1.54, 1.807) is 18.2 Å². The van der Waals surface area contributed by atoms with E-state index in [1.807, 2.05) is 6.92 Å². The van der Waals surface area contributed by atoms with Crippen molar-refractivity contribution in [2.24, 2.45) is 4.99 Å². The highest BCUT2D eigenvalue weighted by molar-refractivity contribution is 14.0. The molecule has 1 saturated carbocycles. The van der Waals surface area contributed by atoms with E-state index in [0.29, 0.717) is 47.1 Å².